The minimum Gasteiger partial charge on any atom is -0.347 e. The summed E-state index contributed by atoms with van der Waals surface area (Å²) in [7, 11) is -3.45. The minimum absolute atomic E-state index is 0.272. The molecule has 1 fully saturated rings. The van der Waals surface area contributed by atoms with E-state index < -0.39 is 10.0 Å². The van der Waals surface area contributed by atoms with E-state index in [1.54, 1.807) is 22.6 Å². The number of rotatable bonds is 5. The van der Waals surface area contributed by atoms with Crippen molar-refractivity contribution < 1.29 is 8.42 Å². The van der Waals surface area contributed by atoms with Gasteiger partial charge in [0.1, 0.15) is 4.90 Å². The number of nitrogens with one attached hydrogen (secondary N) is 1. The topological polar surface area (TPSA) is 83.9 Å². The predicted octanol–water partition coefficient (Wildman–Crippen LogP) is 3.53. The Bertz CT molecular complexity index is 1240. The Labute approximate surface area is 175 Å². The standard InChI is InChI=1S/C22H23N5O2S/c28-30(29,21-2-1-8-23-15-21)27-10-5-17(6-11-27)16-26-9-7-19-12-18(3-4-22(19)26)20-13-24-25-14-20/h1-4,7-9,12-15,17H,5-6,10-11,16H2,(H,24,25). The Kier molecular flexibility index (Phi) is 4.88. The molecule has 0 bridgehead atoms. The van der Waals surface area contributed by atoms with Gasteiger partial charge in [0, 0.05) is 60.9 Å². The number of hydrogen-bond acceptors (Lipinski definition) is 4. The van der Waals surface area contributed by atoms with Crippen molar-refractivity contribution in [1.29, 1.82) is 0 Å². The van der Waals surface area contributed by atoms with Crippen LogP contribution in [-0.4, -0.2) is 45.6 Å². The van der Waals surface area contributed by atoms with E-state index in [2.05, 4.69) is 50.2 Å². The molecule has 154 valence electrons. The molecule has 0 radical (unpaired) electrons. The summed E-state index contributed by atoms with van der Waals surface area (Å²) in [4.78, 5) is 4.22. The second kappa shape index (κ2) is 7.70. The molecule has 5 rings (SSSR count). The van der Waals surface area contributed by atoms with Crippen LogP contribution in [0.15, 0.2) is 72.3 Å². The molecule has 3 aromatic heterocycles. The summed E-state index contributed by atoms with van der Waals surface area (Å²) in [5.41, 5.74) is 3.42. The number of hydrogen-bond donors (Lipinski definition) is 1. The zero-order valence-electron chi connectivity index (χ0n) is 16.5. The van der Waals surface area contributed by atoms with E-state index in [0.29, 0.717) is 19.0 Å². The average Bonchev–Trinajstić information content (AvgIpc) is 3.45. The first-order chi connectivity index (χ1) is 14.6. The third-order valence-corrected chi connectivity index (χ3v) is 7.79. The van der Waals surface area contributed by atoms with E-state index in [1.165, 1.54) is 17.1 Å². The van der Waals surface area contributed by atoms with E-state index in [0.717, 1.165) is 30.5 Å². The number of nitrogens with zero attached hydrogens (tertiary/aromatic N) is 4. The molecule has 1 aliphatic rings. The molecule has 0 amide bonds. The van der Waals surface area contributed by atoms with E-state index >= 15 is 0 Å². The van der Waals surface area contributed by atoms with E-state index in [9.17, 15) is 8.42 Å². The molecule has 30 heavy (non-hydrogen) atoms. The monoisotopic (exact) mass is 421 g/mol. The van der Waals surface area contributed by atoms with Crippen LogP contribution in [0.5, 0.6) is 0 Å². The number of benzene rings is 1. The van der Waals surface area contributed by atoms with Gasteiger partial charge in [0.2, 0.25) is 10.0 Å². The molecular weight excluding hydrogens is 398 g/mol. The molecule has 1 aromatic carbocycles. The highest BCUT2D eigenvalue weighted by Gasteiger charge is 2.29. The van der Waals surface area contributed by atoms with Crippen molar-refractivity contribution in [1.82, 2.24) is 24.1 Å². The number of aromatic nitrogens is 4. The molecule has 0 atom stereocenters. The highest BCUT2D eigenvalue weighted by molar-refractivity contribution is 7.89. The van der Waals surface area contributed by atoms with Crippen LogP contribution >= 0.6 is 0 Å². The molecule has 1 aliphatic heterocycles. The van der Waals surface area contributed by atoms with Crippen molar-refractivity contribution >= 4 is 20.9 Å². The number of aromatic amines is 1. The summed E-state index contributed by atoms with van der Waals surface area (Å²) in [6.07, 6.45) is 10.6. The Hall–Kier alpha value is -2.97. The number of pyridine rings is 1. The lowest BCUT2D eigenvalue weighted by molar-refractivity contribution is 0.254. The maximum atomic E-state index is 12.8. The lowest BCUT2D eigenvalue weighted by atomic mass is 9.98. The smallest absolute Gasteiger partial charge is 0.244 e. The largest absolute Gasteiger partial charge is 0.347 e. The van der Waals surface area contributed by atoms with Gasteiger partial charge >= 0.3 is 0 Å². The molecule has 0 saturated carbocycles. The van der Waals surface area contributed by atoms with Gasteiger partial charge in [0.15, 0.2) is 0 Å². The highest BCUT2D eigenvalue weighted by Crippen LogP contribution is 2.28. The second-order valence-corrected chi connectivity index (χ2v) is 9.70. The fourth-order valence-corrected chi connectivity index (χ4v) is 5.64. The lowest BCUT2D eigenvalue weighted by Crippen LogP contribution is -2.39. The van der Waals surface area contributed by atoms with Crippen molar-refractivity contribution in [2.24, 2.45) is 5.92 Å². The van der Waals surface area contributed by atoms with Crippen LogP contribution in [-0.2, 0) is 16.6 Å². The van der Waals surface area contributed by atoms with Gasteiger partial charge in [0.05, 0.1) is 6.20 Å². The summed E-state index contributed by atoms with van der Waals surface area (Å²) in [6.45, 7) is 1.99. The van der Waals surface area contributed by atoms with E-state index in [4.69, 9.17) is 0 Å². The van der Waals surface area contributed by atoms with Crippen molar-refractivity contribution in [3.8, 4) is 11.1 Å². The van der Waals surface area contributed by atoms with Gasteiger partial charge in [0.25, 0.3) is 0 Å². The zero-order chi connectivity index (χ0) is 20.6. The number of sulfonamides is 1. The number of fused-ring (bicyclic) bond motifs is 1. The van der Waals surface area contributed by atoms with Crippen LogP contribution in [0, 0.1) is 5.92 Å². The Morgan fingerprint density at radius 2 is 1.93 bits per heavy atom. The Balaban J connectivity index is 1.27. The molecule has 4 aromatic rings. The molecule has 1 N–H and O–H groups in total. The highest BCUT2D eigenvalue weighted by atomic mass is 32.2. The molecule has 7 nitrogen and oxygen atoms in total. The summed E-state index contributed by atoms with van der Waals surface area (Å²) in [6, 6.07) is 11.9. The van der Waals surface area contributed by atoms with Gasteiger partial charge < -0.3 is 4.57 Å². The third kappa shape index (κ3) is 3.53. The van der Waals surface area contributed by atoms with Gasteiger partial charge in [-0.05, 0) is 54.7 Å². The summed E-state index contributed by atoms with van der Waals surface area (Å²) >= 11 is 0. The van der Waals surface area contributed by atoms with Crippen molar-refractivity contribution in [3.63, 3.8) is 0 Å². The molecule has 1 saturated heterocycles. The van der Waals surface area contributed by atoms with Gasteiger partial charge in [-0.1, -0.05) is 6.07 Å². The SMILES string of the molecule is O=S(=O)(c1cccnc1)N1CCC(Cn2ccc3cc(-c4cn[nH]c4)ccc32)CC1. The summed E-state index contributed by atoms with van der Waals surface area (Å²) in [5.74, 6) is 0.453. The van der Waals surface area contributed by atoms with Gasteiger partial charge in [-0.25, -0.2) is 8.42 Å². The first-order valence-electron chi connectivity index (χ1n) is 10.1. The second-order valence-electron chi connectivity index (χ2n) is 7.76. The van der Waals surface area contributed by atoms with Crippen LogP contribution in [0.2, 0.25) is 0 Å². The van der Waals surface area contributed by atoms with Crippen LogP contribution in [0.1, 0.15) is 12.8 Å². The van der Waals surface area contributed by atoms with E-state index in [-0.39, 0.29) is 4.90 Å². The average molecular weight is 422 g/mol. The first kappa shape index (κ1) is 19.0. The number of piperidine rings is 1. The fourth-order valence-electron chi connectivity index (χ4n) is 4.21. The first-order valence-corrected chi connectivity index (χ1v) is 11.5. The van der Waals surface area contributed by atoms with Crippen molar-refractivity contribution in [3.05, 3.63) is 67.4 Å². The molecule has 0 unspecified atom stereocenters. The normalized spacial score (nSPS) is 16.3. The lowest BCUT2D eigenvalue weighted by Gasteiger charge is -2.31. The van der Waals surface area contributed by atoms with Gasteiger partial charge in [-0.15, -0.1) is 0 Å². The predicted molar refractivity (Wildman–Crippen MR) is 115 cm³/mol. The molecular formula is C22H23N5O2S. The molecule has 4 heterocycles. The van der Waals surface area contributed by atoms with Crippen LogP contribution in [0.4, 0.5) is 0 Å². The van der Waals surface area contributed by atoms with Crippen molar-refractivity contribution in [2.45, 2.75) is 24.3 Å². The van der Waals surface area contributed by atoms with Crippen molar-refractivity contribution in [2.75, 3.05) is 13.1 Å². The minimum atomic E-state index is -3.45. The molecule has 0 spiro atoms. The Morgan fingerprint density at radius 1 is 1.07 bits per heavy atom. The summed E-state index contributed by atoms with van der Waals surface area (Å²) < 4.78 is 29.4. The van der Waals surface area contributed by atoms with Crippen LogP contribution in [0.3, 0.4) is 0 Å². The quantitative estimate of drug-likeness (QED) is 0.534. The Morgan fingerprint density at radius 3 is 2.67 bits per heavy atom. The van der Waals surface area contributed by atoms with Crippen LogP contribution < -0.4 is 0 Å². The van der Waals surface area contributed by atoms with Gasteiger partial charge in [-0.3, -0.25) is 10.1 Å². The zero-order valence-corrected chi connectivity index (χ0v) is 17.3. The fraction of sp³-hybridized carbons (Fsp3) is 0.273. The van der Waals surface area contributed by atoms with Gasteiger partial charge in [-0.2, -0.15) is 9.40 Å². The maximum Gasteiger partial charge on any atom is 0.244 e. The number of H-pyrrole nitrogens is 1. The molecule has 0 aliphatic carbocycles. The third-order valence-electron chi connectivity index (χ3n) is 5.90. The van der Waals surface area contributed by atoms with Crippen LogP contribution in [0.25, 0.3) is 22.0 Å². The maximum absolute atomic E-state index is 12.8. The summed E-state index contributed by atoms with van der Waals surface area (Å²) in [5, 5.41) is 8.08. The van der Waals surface area contributed by atoms with E-state index in [1.807, 2.05) is 12.4 Å². The molecule has 8 heteroatoms.